The Balaban J connectivity index is 1.38. The number of aryl methyl sites for hydroxylation is 1. The predicted molar refractivity (Wildman–Crippen MR) is 164 cm³/mol. The highest BCUT2D eigenvalue weighted by atomic mass is 16.6. The average molecular weight is 550 g/mol. The van der Waals surface area contributed by atoms with Gasteiger partial charge in [0, 0.05) is 29.7 Å². The molecule has 1 unspecified atom stereocenters. The molecule has 0 radical (unpaired) electrons. The third-order valence-electron chi connectivity index (χ3n) is 8.42. The molecule has 3 aromatic carbocycles. The summed E-state index contributed by atoms with van der Waals surface area (Å²) >= 11 is 0. The second-order valence-corrected chi connectivity index (χ2v) is 12.0. The van der Waals surface area contributed by atoms with Crippen LogP contribution in [0.4, 0.5) is 5.88 Å². The van der Waals surface area contributed by atoms with Gasteiger partial charge < -0.3 is 23.8 Å². The molecule has 41 heavy (non-hydrogen) atoms. The molecule has 1 fully saturated rings. The van der Waals surface area contributed by atoms with Gasteiger partial charge in [0.15, 0.2) is 5.43 Å². The summed E-state index contributed by atoms with van der Waals surface area (Å²) in [7, 11) is -1.08. The van der Waals surface area contributed by atoms with E-state index in [1.807, 2.05) is 75.4 Å². The maximum Gasteiger partial charge on any atom is 0.583 e. The van der Waals surface area contributed by atoms with Gasteiger partial charge in [-0.1, -0.05) is 44.2 Å². The number of nitrogens with zero attached hydrogens (tertiary/aromatic N) is 2. The maximum absolute atomic E-state index is 13.6. The van der Waals surface area contributed by atoms with Crippen LogP contribution in [-0.2, 0) is 4.76 Å². The quantitative estimate of drug-likeness (QED) is 0.312. The molecule has 1 atom stereocenters. The molecule has 2 aliphatic heterocycles. The van der Waals surface area contributed by atoms with E-state index in [0.29, 0.717) is 33.6 Å². The Bertz CT molecular complexity index is 1720. The van der Waals surface area contributed by atoms with E-state index in [1.54, 1.807) is 6.21 Å². The van der Waals surface area contributed by atoms with Gasteiger partial charge in [-0.3, -0.25) is 4.79 Å². The Kier molecular flexibility index (Phi) is 6.90. The molecule has 0 amide bonds. The minimum Gasteiger partial charge on any atom is -0.485 e. The molecule has 0 spiro atoms. The first-order valence-electron chi connectivity index (χ1n) is 14.2. The fourth-order valence-corrected chi connectivity index (χ4v) is 5.82. The van der Waals surface area contributed by atoms with Crippen molar-refractivity contribution in [3.8, 4) is 16.9 Å². The van der Waals surface area contributed by atoms with E-state index in [-0.39, 0.29) is 10.8 Å². The summed E-state index contributed by atoms with van der Waals surface area (Å²) in [4.78, 5) is 15.8. The maximum atomic E-state index is 13.6. The van der Waals surface area contributed by atoms with Crippen LogP contribution in [-0.4, -0.2) is 31.4 Å². The molecule has 8 heteroatoms. The van der Waals surface area contributed by atoms with E-state index in [1.165, 1.54) is 0 Å². The van der Waals surface area contributed by atoms with E-state index in [9.17, 15) is 9.82 Å². The summed E-state index contributed by atoms with van der Waals surface area (Å²) in [5, 5.41) is 14.5. The number of hydrogen-bond donors (Lipinski definition) is 1. The summed E-state index contributed by atoms with van der Waals surface area (Å²) < 4.78 is 18.2. The molecule has 0 saturated carbocycles. The fourth-order valence-electron chi connectivity index (χ4n) is 5.82. The van der Waals surface area contributed by atoms with Gasteiger partial charge in [-0.25, -0.2) is 0 Å². The fraction of sp³-hybridized carbons (Fsp3) is 0.333. The highest BCUT2D eigenvalue weighted by molar-refractivity contribution is 6.62. The summed E-state index contributed by atoms with van der Waals surface area (Å²) in [6.45, 7) is 12.1. The second kappa shape index (κ2) is 10.4. The van der Waals surface area contributed by atoms with Gasteiger partial charge in [-0.05, 0) is 80.0 Å². The first-order chi connectivity index (χ1) is 19.6. The average Bonchev–Trinajstić information content (AvgIpc) is 2.95. The molecule has 1 N–H and O–H groups in total. The molecule has 6 rings (SSSR count). The van der Waals surface area contributed by atoms with Gasteiger partial charge in [0.25, 0.3) is 0 Å². The van der Waals surface area contributed by atoms with E-state index in [0.717, 1.165) is 53.7 Å². The number of ether oxygens (including phenoxy) is 1. The summed E-state index contributed by atoms with van der Waals surface area (Å²) in [5.74, 6) is 1.37. The number of hydrogen-bond acceptors (Lipinski definition) is 7. The van der Waals surface area contributed by atoms with Gasteiger partial charge in [-0.2, -0.15) is 0 Å². The van der Waals surface area contributed by atoms with E-state index in [2.05, 4.69) is 23.9 Å². The Labute approximate surface area is 240 Å². The topological polar surface area (TPSA) is 84.5 Å². The predicted octanol–water partition coefficient (Wildman–Crippen LogP) is 5.89. The number of anilines is 1. The molecule has 0 bridgehead atoms. The van der Waals surface area contributed by atoms with Gasteiger partial charge in [0.2, 0.25) is 5.88 Å². The van der Waals surface area contributed by atoms with E-state index >= 15 is 0 Å². The summed E-state index contributed by atoms with van der Waals surface area (Å²) in [6, 6.07) is 17.6. The molecule has 3 heterocycles. The monoisotopic (exact) mass is 550 g/mol. The molecule has 4 aromatic rings. The van der Waals surface area contributed by atoms with Crippen LogP contribution < -0.4 is 20.5 Å². The second-order valence-electron chi connectivity index (χ2n) is 12.0. The van der Waals surface area contributed by atoms with Crippen molar-refractivity contribution in [2.75, 3.05) is 18.0 Å². The van der Waals surface area contributed by atoms with Crippen molar-refractivity contribution in [2.24, 2.45) is 10.6 Å². The normalized spacial score (nSPS) is 16.8. The first kappa shape index (κ1) is 27.2. The largest absolute Gasteiger partial charge is 0.583 e. The smallest absolute Gasteiger partial charge is 0.485 e. The van der Waals surface area contributed by atoms with Crippen molar-refractivity contribution in [3.05, 3.63) is 87.1 Å². The number of benzene rings is 3. The standard InChI is InChI=1S/C33H35BN2O5/c1-20-16-26(31-27(17-20)30(37)21(2)32(40-31)36-14-12-33(4,5)13-15-36)22(3)39-29-9-7-6-8-25(29)23-10-11-28-24(18-23)19-35-41-34(28)38/h6-11,16-19,22,38H,12-15H2,1-5H3. The lowest BCUT2D eigenvalue weighted by Crippen LogP contribution is -2.38. The van der Waals surface area contributed by atoms with Crippen LogP contribution in [0.1, 0.15) is 62.0 Å². The molecule has 0 aliphatic carbocycles. The summed E-state index contributed by atoms with van der Waals surface area (Å²) in [5.41, 5.74) is 6.63. The Morgan fingerprint density at radius 2 is 1.83 bits per heavy atom. The number of para-hydroxylation sites is 1. The van der Waals surface area contributed by atoms with Crippen LogP contribution in [0.5, 0.6) is 5.75 Å². The van der Waals surface area contributed by atoms with E-state index < -0.39 is 13.2 Å². The summed E-state index contributed by atoms with van der Waals surface area (Å²) in [6.07, 6.45) is 3.30. The number of rotatable bonds is 5. The zero-order valence-electron chi connectivity index (χ0n) is 24.2. The lowest BCUT2D eigenvalue weighted by molar-refractivity contribution is 0.228. The highest BCUT2D eigenvalue weighted by Crippen LogP contribution is 2.38. The molecular weight excluding hydrogens is 515 g/mol. The van der Waals surface area contributed by atoms with Crippen molar-refractivity contribution >= 4 is 35.6 Å². The van der Waals surface area contributed by atoms with E-state index in [4.69, 9.17) is 13.9 Å². The van der Waals surface area contributed by atoms with Crippen LogP contribution in [0.15, 0.2) is 69.0 Å². The zero-order valence-corrected chi connectivity index (χ0v) is 24.2. The van der Waals surface area contributed by atoms with Crippen LogP contribution >= 0.6 is 0 Å². The number of piperidine rings is 1. The van der Waals surface area contributed by atoms with Gasteiger partial charge in [0.05, 0.1) is 17.2 Å². The Morgan fingerprint density at radius 1 is 1.07 bits per heavy atom. The minimum atomic E-state index is -1.08. The zero-order chi connectivity index (χ0) is 28.9. The van der Waals surface area contributed by atoms with Crippen molar-refractivity contribution in [3.63, 3.8) is 0 Å². The molecule has 210 valence electrons. The van der Waals surface area contributed by atoms with Crippen molar-refractivity contribution in [2.45, 2.75) is 53.6 Å². The van der Waals surface area contributed by atoms with Crippen LogP contribution in [0, 0.1) is 19.3 Å². The lowest BCUT2D eigenvalue weighted by atomic mass is 9.75. The van der Waals surface area contributed by atoms with Crippen molar-refractivity contribution < 1.29 is 18.9 Å². The highest BCUT2D eigenvalue weighted by Gasteiger charge is 2.29. The number of fused-ring (bicyclic) bond motifs is 2. The van der Waals surface area contributed by atoms with Crippen LogP contribution in [0.2, 0.25) is 0 Å². The van der Waals surface area contributed by atoms with Crippen molar-refractivity contribution in [1.82, 2.24) is 0 Å². The lowest BCUT2D eigenvalue weighted by Gasteiger charge is -2.37. The Morgan fingerprint density at radius 3 is 2.61 bits per heavy atom. The first-order valence-corrected chi connectivity index (χ1v) is 14.2. The molecule has 1 saturated heterocycles. The Hall–Kier alpha value is -4.04. The molecule has 7 nitrogen and oxygen atoms in total. The van der Waals surface area contributed by atoms with Gasteiger partial charge in [-0.15, -0.1) is 5.16 Å². The minimum absolute atomic E-state index is 0.00512. The number of oxime groups is 1. The third kappa shape index (κ3) is 5.13. The molecular formula is C33H35BN2O5. The van der Waals surface area contributed by atoms with Crippen LogP contribution in [0.3, 0.4) is 0 Å². The van der Waals surface area contributed by atoms with Gasteiger partial charge >= 0.3 is 7.12 Å². The van der Waals surface area contributed by atoms with Gasteiger partial charge in [0.1, 0.15) is 17.4 Å². The molecule has 1 aromatic heterocycles. The van der Waals surface area contributed by atoms with Crippen LogP contribution in [0.25, 0.3) is 22.1 Å². The molecule has 2 aliphatic rings. The van der Waals surface area contributed by atoms with Crippen molar-refractivity contribution in [1.29, 1.82) is 0 Å². The SMILES string of the molecule is Cc1cc(C(C)Oc2ccccc2-c2ccc3c(c2)C=NOB3O)c2oc(N3CCC(C)(C)CC3)c(C)c(=O)c2c1. The third-order valence-corrected chi connectivity index (χ3v) is 8.42.